The number of hydrogen-bond donors (Lipinski definition) is 3. The number of aliphatic hydroxyl groups excluding tert-OH is 1. The maximum atomic E-state index is 10.2. The van der Waals surface area contributed by atoms with E-state index in [0.717, 1.165) is 11.1 Å². The SMILES string of the molecule is O=C(O)NCCc1ccc(Cl)cc1CO. The van der Waals surface area contributed by atoms with Crippen LogP contribution in [0.3, 0.4) is 0 Å². The quantitative estimate of drug-likeness (QED) is 0.735. The van der Waals surface area contributed by atoms with Crippen molar-refractivity contribution in [2.75, 3.05) is 6.54 Å². The van der Waals surface area contributed by atoms with E-state index in [0.29, 0.717) is 18.0 Å². The van der Waals surface area contributed by atoms with Gasteiger partial charge < -0.3 is 15.5 Å². The van der Waals surface area contributed by atoms with Crippen LogP contribution in [0.5, 0.6) is 0 Å². The molecule has 1 aromatic rings. The topological polar surface area (TPSA) is 69.6 Å². The Kier molecular flexibility index (Phi) is 4.39. The number of hydrogen-bond acceptors (Lipinski definition) is 2. The molecule has 0 aliphatic rings. The minimum atomic E-state index is -1.05. The zero-order valence-corrected chi connectivity index (χ0v) is 8.79. The summed E-state index contributed by atoms with van der Waals surface area (Å²) < 4.78 is 0. The molecule has 4 nitrogen and oxygen atoms in total. The molecule has 0 saturated heterocycles. The Labute approximate surface area is 92.5 Å². The van der Waals surface area contributed by atoms with Gasteiger partial charge in [0.25, 0.3) is 0 Å². The van der Waals surface area contributed by atoms with E-state index < -0.39 is 6.09 Å². The first-order chi connectivity index (χ1) is 7.13. The molecule has 0 atom stereocenters. The second-order valence-electron chi connectivity index (χ2n) is 3.05. The average Bonchev–Trinajstić information content (AvgIpc) is 2.19. The maximum Gasteiger partial charge on any atom is 0.404 e. The number of amides is 1. The zero-order chi connectivity index (χ0) is 11.3. The molecule has 0 bridgehead atoms. The summed E-state index contributed by atoms with van der Waals surface area (Å²) >= 11 is 5.76. The lowest BCUT2D eigenvalue weighted by molar-refractivity contribution is 0.194. The Balaban J connectivity index is 2.63. The van der Waals surface area contributed by atoms with Crippen molar-refractivity contribution in [3.63, 3.8) is 0 Å². The second kappa shape index (κ2) is 5.58. The summed E-state index contributed by atoms with van der Waals surface area (Å²) in [7, 11) is 0. The highest BCUT2D eigenvalue weighted by Crippen LogP contribution is 2.16. The number of benzene rings is 1. The van der Waals surface area contributed by atoms with Gasteiger partial charge >= 0.3 is 6.09 Å². The van der Waals surface area contributed by atoms with Crippen molar-refractivity contribution in [2.45, 2.75) is 13.0 Å². The largest absolute Gasteiger partial charge is 0.465 e. The van der Waals surface area contributed by atoms with E-state index in [-0.39, 0.29) is 6.61 Å². The summed E-state index contributed by atoms with van der Waals surface area (Å²) in [5.41, 5.74) is 1.63. The molecule has 0 heterocycles. The lowest BCUT2D eigenvalue weighted by Crippen LogP contribution is -2.23. The highest BCUT2D eigenvalue weighted by molar-refractivity contribution is 6.30. The van der Waals surface area contributed by atoms with Gasteiger partial charge in [-0.1, -0.05) is 17.7 Å². The summed E-state index contributed by atoms with van der Waals surface area (Å²) in [6, 6.07) is 5.19. The molecule has 1 amide bonds. The Morgan fingerprint density at radius 2 is 2.13 bits per heavy atom. The molecule has 0 aliphatic carbocycles. The van der Waals surface area contributed by atoms with E-state index >= 15 is 0 Å². The smallest absolute Gasteiger partial charge is 0.404 e. The molecule has 1 aromatic carbocycles. The van der Waals surface area contributed by atoms with Gasteiger partial charge in [-0.15, -0.1) is 0 Å². The van der Waals surface area contributed by atoms with E-state index in [1.165, 1.54) is 0 Å². The van der Waals surface area contributed by atoms with Crippen LogP contribution in [-0.2, 0) is 13.0 Å². The third-order valence-corrected chi connectivity index (χ3v) is 2.24. The van der Waals surface area contributed by atoms with Gasteiger partial charge in [0.1, 0.15) is 0 Å². The van der Waals surface area contributed by atoms with Crippen molar-refractivity contribution in [3.05, 3.63) is 34.3 Å². The van der Waals surface area contributed by atoms with Crippen LogP contribution in [0.15, 0.2) is 18.2 Å². The molecule has 0 fully saturated rings. The van der Waals surface area contributed by atoms with Crippen LogP contribution in [0.4, 0.5) is 4.79 Å². The molecule has 5 heteroatoms. The van der Waals surface area contributed by atoms with Crippen LogP contribution in [0.25, 0.3) is 0 Å². The van der Waals surface area contributed by atoms with Crippen LogP contribution in [0.2, 0.25) is 5.02 Å². The van der Waals surface area contributed by atoms with E-state index in [4.69, 9.17) is 21.8 Å². The van der Waals surface area contributed by atoms with Crippen molar-refractivity contribution < 1.29 is 15.0 Å². The Morgan fingerprint density at radius 1 is 1.40 bits per heavy atom. The van der Waals surface area contributed by atoms with Gasteiger partial charge in [-0.05, 0) is 29.7 Å². The first kappa shape index (κ1) is 11.8. The van der Waals surface area contributed by atoms with E-state index in [1.807, 2.05) is 0 Å². The van der Waals surface area contributed by atoms with Crippen molar-refractivity contribution in [1.82, 2.24) is 5.32 Å². The molecule has 0 unspecified atom stereocenters. The first-order valence-electron chi connectivity index (χ1n) is 4.48. The van der Waals surface area contributed by atoms with Crippen molar-refractivity contribution in [2.24, 2.45) is 0 Å². The number of carboxylic acid groups (broad SMARTS) is 1. The van der Waals surface area contributed by atoms with Crippen molar-refractivity contribution >= 4 is 17.7 Å². The Hall–Kier alpha value is -1.26. The fourth-order valence-electron chi connectivity index (χ4n) is 1.29. The van der Waals surface area contributed by atoms with Gasteiger partial charge in [-0.3, -0.25) is 0 Å². The lowest BCUT2D eigenvalue weighted by Gasteiger charge is -2.07. The normalized spacial score (nSPS) is 10.0. The zero-order valence-electron chi connectivity index (χ0n) is 8.03. The van der Waals surface area contributed by atoms with Crippen LogP contribution in [0, 0.1) is 0 Å². The molecular weight excluding hydrogens is 218 g/mol. The monoisotopic (exact) mass is 229 g/mol. The standard InChI is InChI=1S/C10H12ClNO3/c11-9-2-1-7(8(5-9)6-13)3-4-12-10(14)15/h1-2,5,12-13H,3-4,6H2,(H,14,15). The first-order valence-corrected chi connectivity index (χ1v) is 4.86. The van der Waals surface area contributed by atoms with E-state index in [1.54, 1.807) is 18.2 Å². The average molecular weight is 230 g/mol. The summed E-state index contributed by atoms with van der Waals surface area (Å²) in [6.45, 7) is 0.229. The molecule has 1 rings (SSSR count). The molecule has 82 valence electrons. The summed E-state index contributed by atoms with van der Waals surface area (Å²) in [5.74, 6) is 0. The van der Waals surface area contributed by atoms with Crippen LogP contribution in [0.1, 0.15) is 11.1 Å². The number of halogens is 1. The van der Waals surface area contributed by atoms with Gasteiger partial charge in [-0.25, -0.2) is 4.79 Å². The molecule has 0 saturated carbocycles. The minimum absolute atomic E-state index is 0.0943. The molecule has 15 heavy (non-hydrogen) atoms. The highest BCUT2D eigenvalue weighted by Gasteiger charge is 2.03. The highest BCUT2D eigenvalue weighted by atomic mass is 35.5. The molecule has 0 spiro atoms. The molecule has 3 N–H and O–H groups in total. The summed E-state index contributed by atoms with van der Waals surface area (Å²) in [4.78, 5) is 10.2. The molecule has 0 aromatic heterocycles. The van der Waals surface area contributed by atoms with Crippen LogP contribution < -0.4 is 5.32 Å². The number of aliphatic hydroxyl groups is 1. The molecule has 0 aliphatic heterocycles. The fraction of sp³-hybridized carbons (Fsp3) is 0.300. The summed E-state index contributed by atoms with van der Waals surface area (Å²) in [5, 5.41) is 20.3. The number of carbonyl (C=O) groups is 1. The van der Waals surface area contributed by atoms with Crippen LogP contribution in [-0.4, -0.2) is 22.9 Å². The maximum absolute atomic E-state index is 10.2. The lowest BCUT2D eigenvalue weighted by atomic mass is 10.1. The van der Waals surface area contributed by atoms with Gasteiger partial charge in [0, 0.05) is 11.6 Å². The predicted molar refractivity (Wildman–Crippen MR) is 57.1 cm³/mol. The van der Waals surface area contributed by atoms with Gasteiger partial charge in [0.05, 0.1) is 6.61 Å². The number of nitrogens with one attached hydrogen (secondary N) is 1. The van der Waals surface area contributed by atoms with E-state index in [9.17, 15) is 4.79 Å². The van der Waals surface area contributed by atoms with Gasteiger partial charge in [-0.2, -0.15) is 0 Å². The molecular formula is C10H12ClNO3. The number of rotatable bonds is 4. The third-order valence-electron chi connectivity index (χ3n) is 2.01. The Morgan fingerprint density at radius 3 is 2.73 bits per heavy atom. The van der Waals surface area contributed by atoms with E-state index in [2.05, 4.69) is 5.32 Å². The summed E-state index contributed by atoms with van der Waals surface area (Å²) in [6.07, 6.45) is -0.506. The molecule has 0 radical (unpaired) electrons. The van der Waals surface area contributed by atoms with Crippen LogP contribution >= 0.6 is 11.6 Å². The van der Waals surface area contributed by atoms with Crippen molar-refractivity contribution in [1.29, 1.82) is 0 Å². The Bertz CT molecular complexity index is 355. The van der Waals surface area contributed by atoms with Gasteiger partial charge in [0.15, 0.2) is 0 Å². The fourth-order valence-corrected chi connectivity index (χ4v) is 1.48. The van der Waals surface area contributed by atoms with Gasteiger partial charge in [0.2, 0.25) is 0 Å². The second-order valence-corrected chi connectivity index (χ2v) is 3.49. The van der Waals surface area contributed by atoms with Crippen molar-refractivity contribution in [3.8, 4) is 0 Å². The third kappa shape index (κ3) is 3.77. The predicted octanol–water partition coefficient (Wildman–Crippen LogP) is 1.64. The minimum Gasteiger partial charge on any atom is -0.465 e.